The molecule has 0 radical (unpaired) electrons. The van der Waals surface area contributed by atoms with Gasteiger partial charge in [-0.1, -0.05) is 0 Å². The van der Waals surface area contributed by atoms with Gasteiger partial charge in [0, 0.05) is 12.7 Å². The summed E-state index contributed by atoms with van der Waals surface area (Å²) in [7, 11) is 1.43. The van der Waals surface area contributed by atoms with E-state index in [-0.39, 0.29) is 22.5 Å². The number of fused-ring (bicyclic) bond motifs is 1. The van der Waals surface area contributed by atoms with Gasteiger partial charge in [0.15, 0.2) is 17.0 Å². The number of alkyl halides is 3. The molecule has 2 heterocycles. The van der Waals surface area contributed by atoms with E-state index in [1.54, 1.807) is 0 Å². The molecule has 24 heavy (non-hydrogen) atoms. The molecule has 1 aromatic carbocycles. The van der Waals surface area contributed by atoms with Gasteiger partial charge in [0.1, 0.15) is 6.33 Å². The van der Waals surface area contributed by atoms with Crippen molar-refractivity contribution in [2.75, 3.05) is 12.4 Å². The van der Waals surface area contributed by atoms with E-state index in [2.05, 4.69) is 20.3 Å². The van der Waals surface area contributed by atoms with Crippen LogP contribution >= 0.6 is 0 Å². The van der Waals surface area contributed by atoms with Crippen LogP contribution in [0.25, 0.3) is 16.9 Å². The summed E-state index contributed by atoms with van der Waals surface area (Å²) in [6.45, 7) is 0. The number of carboxylic acid groups (broad SMARTS) is 1. The van der Waals surface area contributed by atoms with Crippen LogP contribution in [0.15, 0.2) is 30.6 Å². The van der Waals surface area contributed by atoms with Crippen molar-refractivity contribution in [3.8, 4) is 5.69 Å². The second-order valence-corrected chi connectivity index (χ2v) is 4.78. The summed E-state index contributed by atoms with van der Waals surface area (Å²) in [5.41, 5.74) is 0.624. The monoisotopic (exact) mass is 337 g/mol. The van der Waals surface area contributed by atoms with Crippen LogP contribution in [0.5, 0.6) is 0 Å². The summed E-state index contributed by atoms with van der Waals surface area (Å²) in [6, 6.07) is 5.60. The van der Waals surface area contributed by atoms with E-state index in [1.807, 2.05) is 0 Å². The predicted octanol–water partition coefficient (Wildman–Crippen LogP) is 2.57. The fraction of sp³-hybridized carbons (Fsp3) is 0.143. The highest BCUT2D eigenvalue weighted by Crippen LogP contribution is 2.30. The molecule has 124 valence electrons. The topological polar surface area (TPSA) is 92.9 Å². The van der Waals surface area contributed by atoms with Gasteiger partial charge in [-0.25, -0.2) is 19.7 Å². The van der Waals surface area contributed by atoms with Gasteiger partial charge in [-0.3, -0.25) is 4.57 Å². The number of carboxylic acids is 1. The third-order valence-corrected chi connectivity index (χ3v) is 3.28. The van der Waals surface area contributed by atoms with Gasteiger partial charge >= 0.3 is 12.1 Å². The molecule has 2 aromatic heterocycles. The number of hydrogen-bond acceptors (Lipinski definition) is 5. The van der Waals surface area contributed by atoms with Crippen molar-refractivity contribution in [1.82, 2.24) is 19.5 Å². The zero-order valence-electron chi connectivity index (χ0n) is 12.2. The molecule has 7 nitrogen and oxygen atoms in total. The normalized spacial score (nSPS) is 11.7. The van der Waals surface area contributed by atoms with E-state index < -0.39 is 18.0 Å². The fourth-order valence-corrected chi connectivity index (χ4v) is 2.15. The van der Waals surface area contributed by atoms with E-state index in [0.29, 0.717) is 5.69 Å². The third-order valence-electron chi connectivity index (χ3n) is 3.28. The molecule has 0 amide bonds. The highest BCUT2D eigenvalue weighted by atomic mass is 19.4. The summed E-state index contributed by atoms with van der Waals surface area (Å²) in [6.07, 6.45) is -3.40. The van der Waals surface area contributed by atoms with Gasteiger partial charge in [-0.2, -0.15) is 13.2 Å². The molecule has 10 heteroatoms. The summed E-state index contributed by atoms with van der Waals surface area (Å²) in [5, 5.41) is 11.5. The van der Waals surface area contributed by atoms with Crippen molar-refractivity contribution in [3.05, 3.63) is 42.0 Å². The maximum atomic E-state index is 13.0. The molecule has 0 saturated carbocycles. The maximum Gasteiger partial charge on any atom is 0.451 e. The van der Waals surface area contributed by atoms with Gasteiger partial charge < -0.3 is 10.4 Å². The average molecular weight is 337 g/mol. The van der Waals surface area contributed by atoms with E-state index in [9.17, 15) is 18.0 Å². The molecule has 3 rings (SSSR count). The van der Waals surface area contributed by atoms with Crippen molar-refractivity contribution in [3.63, 3.8) is 0 Å². The highest BCUT2D eigenvalue weighted by molar-refractivity contribution is 5.88. The van der Waals surface area contributed by atoms with Crippen LogP contribution in [-0.4, -0.2) is 37.6 Å². The Morgan fingerprint density at radius 2 is 1.88 bits per heavy atom. The number of carbonyl (C=O) groups is 1. The lowest BCUT2D eigenvalue weighted by molar-refractivity contribution is -0.144. The van der Waals surface area contributed by atoms with E-state index in [4.69, 9.17) is 5.11 Å². The Kier molecular flexibility index (Phi) is 3.59. The van der Waals surface area contributed by atoms with Crippen LogP contribution in [0.4, 0.5) is 19.0 Å². The first kappa shape index (κ1) is 15.7. The average Bonchev–Trinajstić information content (AvgIpc) is 2.97. The molecule has 2 N–H and O–H groups in total. The van der Waals surface area contributed by atoms with Crippen molar-refractivity contribution in [2.24, 2.45) is 0 Å². The van der Waals surface area contributed by atoms with Crippen molar-refractivity contribution < 1.29 is 23.1 Å². The van der Waals surface area contributed by atoms with Gasteiger partial charge in [0.05, 0.1) is 5.56 Å². The number of aromatic carboxylic acids is 1. The van der Waals surface area contributed by atoms with Crippen molar-refractivity contribution in [1.29, 1.82) is 0 Å². The zero-order chi connectivity index (χ0) is 17.5. The fourth-order valence-electron chi connectivity index (χ4n) is 2.15. The third kappa shape index (κ3) is 2.62. The summed E-state index contributed by atoms with van der Waals surface area (Å²) in [5.74, 6) is -2.44. The first-order valence-corrected chi connectivity index (χ1v) is 6.65. The highest BCUT2D eigenvalue weighted by Gasteiger charge is 2.36. The minimum atomic E-state index is -4.71. The number of imidazole rings is 1. The number of benzene rings is 1. The Hall–Kier alpha value is -3.17. The number of nitrogens with one attached hydrogen (secondary N) is 1. The molecule has 0 fully saturated rings. The van der Waals surface area contributed by atoms with Crippen molar-refractivity contribution >= 4 is 23.0 Å². The van der Waals surface area contributed by atoms with Crippen LogP contribution in [-0.2, 0) is 6.18 Å². The number of rotatable bonds is 3. The first-order chi connectivity index (χ1) is 11.3. The molecule has 0 bridgehead atoms. The SMILES string of the molecule is CNc1nc(C(F)(F)F)nc2c1ncn2-c1ccc(C(=O)O)cc1. The van der Waals surface area contributed by atoms with E-state index >= 15 is 0 Å². The number of halogens is 3. The van der Waals surface area contributed by atoms with Crippen molar-refractivity contribution in [2.45, 2.75) is 6.18 Å². The lowest BCUT2D eigenvalue weighted by atomic mass is 10.2. The molecule has 0 spiro atoms. The zero-order valence-corrected chi connectivity index (χ0v) is 12.2. The molecular weight excluding hydrogens is 327 g/mol. The molecule has 3 aromatic rings. The summed E-state index contributed by atoms with van der Waals surface area (Å²) in [4.78, 5) is 21.9. The Morgan fingerprint density at radius 3 is 2.42 bits per heavy atom. The number of hydrogen-bond donors (Lipinski definition) is 2. The number of anilines is 1. The molecule has 0 aliphatic heterocycles. The molecule has 0 saturated heterocycles. The van der Waals surface area contributed by atoms with Gasteiger partial charge in [0.25, 0.3) is 0 Å². The van der Waals surface area contributed by atoms with Crippen LogP contribution < -0.4 is 5.32 Å². The van der Waals surface area contributed by atoms with Crippen LogP contribution in [0.1, 0.15) is 16.2 Å². The largest absolute Gasteiger partial charge is 0.478 e. The number of aromatic nitrogens is 4. The Balaban J connectivity index is 2.20. The quantitative estimate of drug-likeness (QED) is 0.763. The molecular formula is C14H10F3N5O2. The Bertz CT molecular complexity index is 919. The summed E-state index contributed by atoms with van der Waals surface area (Å²) < 4.78 is 40.2. The smallest absolute Gasteiger partial charge is 0.451 e. The second kappa shape index (κ2) is 5.48. The maximum absolute atomic E-state index is 13.0. The molecule has 0 unspecified atom stereocenters. The Labute approximate surface area is 132 Å². The van der Waals surface area contributed by atoms with Gasteiger partial charge in [0.2, 0.25) is 5.82 Å². The predicted molar refractivity (Wildman–Crippen MR) is 78.2 cm³/mol. The lowest BCUT2D eigenvalue weighted by Crippen LogP contribution is -2.13. The van der Waals surface area contributed by atoms with Gasteiger partial charge in [-0.15, -0.1) is 0 Å². The van der Waals surface area contributed by atoms with Crippen LogP contribution in [0, 0.1) is 0 Å². The molecule has 0 aliphatic rings. The minimum absolute atomic E-state index is 0.0373. The van der Waals surface area contributed by atoms with E-state index in [0.717, 1.165) is 0 Å². The Morgan fingerprint density at radius 1 is 1.21 bits per heavy atom. The van der Waals surface area contributed by atoms with Gasteiger partial charge in [-0.05, 0) is 24.3 Å². The standard InChI is InChI=1S/C14H10F3N5O2/c1-18-10-9-11(21-13(20-10)14(15,16)17)22(6-19-9)8-4-2-7(3-5-8)12(23)24/h2-6H,1H3,(H,23,24)(H,18,20,21). The van der Waals surface area contributed by atoms with E-state index in [1.165, 1.54) is 42.2 Å². The minimum Gasteiger partial charge on any atom is -0.478 e. The lowest BCUT2D eigenvalue weighted by Gasteiger charge is -2.09. The second-order valence-electron chi connectivity index (χ2n) is 4.78. The first-order valence-electron chi connectivity index (χ1n) is 6.65. The summed E-state index contributed by atoms with van der Waals surface area (Å²) >= 11 is 0. The van der Waals surface area contributed by atoms with Crippen LogP contribution in [0.2, 0.25) is 0 Å². The van der Waals surface area contributed by atoms with Crippen LogP contribution in [0.3, 0.4) is 0 Å². The number of nitrogens with zero attached hydrogens (tertiary/aromatic N) is 4. The molecule has 0 atom stereocenters. The molecule has 0 aliphatic carbocycles.